The Balaban J connectivity index is 2.98. The Morgan fingerprint density at radius 2 is 2.14 bits per heavy atom. The van der Waals surface area contributed by atoms with E-state index in [0.717, 1.165) is 0 Å². The highest BCUT2D eigenvalue weighted by Crippen LogP contribution is 2.18. The maximum atomic E-state index is 11.5. The molecule has 3 nitrogen and oxygen atoms in total. The number of nitrogens with one attached hydrogen (secondary N) is 1. The third kappa shape index (κ3) is 1.26. The van der Waals surface area contributed by atoms with Gasteiger partial charge in [-0.15, -0.1) is 0 Å². The summed E-state index contributed by atoms with van der Waals surface area (Å²) >= 11 is 5.78. The summed E-state index contributed by atoms with van der Waals surface area (Å²) in [6.07, 6.45) is 0. The summed E-state index contributed by atoms with van der Waals surface area (Å²) in [5.74, 6) is -0.236. The topological polar surface area (TPSA) is 53.1 Å². The number of fused-ring (bicyclic) bond motifs is 1. The van der Waals surface area contributed by atoms with Crippen molar-refractivity contribution in [2.45, 2.75) is 6.92 Å². The molecule has 0 aliphatic carbocycles. The molecular formula is C10H8ClNO2. The summed E-state index contributed by atoms with van der Waals surface area (Å²) in [6.45, 7) is 1.64. The lowest BCUT2D eigenvalue weighted by Gasteiger charge is -2.02. The average molecular weight is 210 g/mol. The predicted octanol–water partition coefficient (Wildman–Crippen LogP) is 2.20. The fourth-order valence-corrected chi connectivity index (χ4v) is 1.55. The summed E-state index contributed by atoms with van der Waals surface area (Å²) in [5, 5.41) is 10.4. The van der Waals surface area contributed by atoms with E-state index in [-0.39, 0.29) is 11.2 Å². The lowest BCUT2D eigenvalue weighted by Crippen LogP contribution is -2.04. The van der Waals surface area contributed by atoms with Crippen LogP contribution in [0.2, 0.25) is 5.02 Å². The van der Waals surface area contributed by atoms with Crippen molar-refractivity contribution in [3.05, 3.63) is 39.1 Å². The van der Waals surface area contributed by atoms with Crippen LogP contribution in [0, 0.1) is 6.92 Å². The Morgan fingerprint density at radius 1 is 1.43 bits per heavy atom. The van der Waals surface area contributed by atoms with Crippen LogP contribution in [0.5, 0.6) is 5.75 Å². The first-order chi connectivity index (χ1) is 6.59. The van der Waals surface area contributed by atoms with E-state index >= 15 is 0 Å². The van der Waals surface area contributed by atoms with Crippen molar-refractivity contribution in [3.8, 4) is 5.75 Å². The van der Waals surface area contributed by atoms with Gasteiger partial charge in [0.05, 0.1) is 11.2 Å². The van der Waals surface area contributed by atoms with E-state index in [4.69, 9.17) is 11.6 Å². The molecule has 0 aliphatic heterocycles. The fraction of sp³-hybridized carbons (Fsp3) is 0.100. The van der Waals surface area contributed by atoms with Gasteiger partial charge in [0.25, 0.3) is 0 Å². The largest absolute Gasteiger partial charge is 0.503 e. The van der Waals surface area contributed by atoms with E-state index in [1.165, 1.54) is 0 Å². The minimum Gasteiger partial charge on any atom is -0.503 e. The molecule has 2 N–H and O–H groups in total. The Hall–Kier alpha value is -1.48. The Morgan fingerprint density at radius 3 is 2.86 bits per heavy atom. The van der Waals surface area contributed by atoms with Crippen molar-refractivity contribution in [3.63, 3.8) is 0 Å². The van der Waals surface area contributed by atoms with Crippen molar-refractivity contribution < 1.29 is 5.11 Å². The van der Waals surface area contributed by atoms with Crippen LogP contribution in [0.1, 0.15) is 5.69 Å². The summed E-state index contributed by atoms with van der Waals surface area (Å²) in [7, 11) is 0. The van der Waals surface area contributed by atoms with Gasteiger partial charge in [-0.1, -0.05) is 11.6 Å². The number of halogens is 1. The molecule has 1 aromatic heterocycles. The number of hydrogen-bond donors (Lipinski definition) is 2. The maximum Gasteiger partial charge on any atom is 0.231 e. The quantitative estimate of drug-likeness (QED) is 0.699. The molecule has 0 atom stereocenters. The monoisotopic (exact) mass is 209 g/mol. The number of aromatic hydroxyl groups is 1. The van der Waals surface area contributed by atoms with E-state index in [1.54, 1.807) is 25.1 Å². The van der Waals surface area contributed by atoms with Gasteiger partial charge in [-0.25, -0.2) is 0 Å². The van der Waals surface area contributed by atoms with Crippen LogP contribution in [-0.4, -0.2) is 10.1 Å². The van der Waals surface area contributed by atoms with Crippen LogP contribution in [0.3, 0.4) is 0 Å². The third-order valence-corrected chi connectivity index (χ3v) is 2.35. The van der Waals surface area contributed by atoms with Gasteiger partial charge in [0.1, 0.15) is 0 Å². The van der Waals surface area contributed by atoms with Crippen molar-refractivity contribution in [1.29, 1.82) is 0 Å². The Labute approximate surface area is 85.0 Å². The molecule has 0 aliphatic rings. The molecule has 2 aromatic rings. The zero-order chi connectivity index (χ0) is 10.3. The molecule has 0 spiro atoms. The van der Waals surface area contributed by atoms with Gasteiger partial charge in [-0.05, 0) is 25.1 Å². The molecular weight excluding hydrogens is 202 g/mol. The minimum absolute atomic E-state index is 0.236. The lowest BCUT2D eigenvalue weighted by atomic mass is 10.2. The highest BCUT2D eigenvalue weighted by molar-refractivity contribution is 6.31. The van der Waals surface area contributed by atoms with Gasteiger partial charge in [0.15, 0.2) is 5.75 Å². The first-order valence-corrected chi connectivity index (χ1v) is 4.48. The smallest absolute Gasteiger partial charge is 0.231 e. The van der Waals surface area contributed by atoms with Gasteiger partial charge in [0.2, 0.25) is 5.43 Å². The highest BCUT2D eigenvalue weighted by Gasteiger charge is 2.07. The standard InChI is InChI=1S/C10H8ClNO2/c1-5-9(13)10(14)7-3-2-6(11)4-8(7)12-5/h2-4,13H,1H3,(H,12,14). The molecule has 0 saturated carbocycles. The molecule has 0 radical (unpaired) electrons. The van der Waals surface area contributed by atoms with Crippen LogP contribution in [0.15, 0.2) is 23.0 Å². The molecule has 1 aromatic carbocycles. The zero-order valence-corrected chi connectivity index (χ0v) is 8.22. The summed E-state index contributed by atoms with van der Waals surface area (Å²) in [6, 6.07) is 4.87. The van der Waals surface area contributed by atoms with E-state index < -0.39 is 0 Å². The van der Waals surface area contributed by atoms with Crippen LogP contribution in [-0.2, 0) is 0 Å². The Bertz CT molecular complexity index is 560. The number of pyridine rings is 1. The normalized spacial score (nSPS) is 10.7. The second kappa shape index (κ2) is 3.03. The molecule has 72 valence electrons. The number of rotatable bonds is 0. The number of aromatic amines is 1. The predicted molar refractivity (Wildman–Crippen MR) is 56.0 cm³/mol. The minimum atomic E-state index is -0.368. The second-order valence-corrected chi connectivity index (χ2v) is 3.55. The number of aryl methyl sites for hydroxylation is 1. The SMILES string of the molecule is Cc1[nH]c2cc(Cl)ccc2c(=O)c1O. The summed E-state index contributed by atoms with van der Waals surface area (Å²) in [5.41, 5.74) is 0.718. The van der Waals surface area contributed by atoms with Crippen LogP contribution >= 0.6 is 11.6 Å². The third-order valence-electron chi connectivity index (χ3n) is 2.12. The molecule has 4 heteroatoms. The van der Waals surface area contributed by atoms with E-state index in [9.17, 15) is 9.90 Å². The van der Waals surface area contributed by atoms with Crippen molar-refractivity contribution >= 4 is 22.5 Å². The van der Waals surface area contributed by atoms with Crippen molar-refractivity contribution in [1.82, 2.24) is 4.98 Å². The molecule has 14 heavy (non-hydrogen) atoms. The highest BCUT2D eigenvalue weighted by atomic mass is 35.5. The van der Waals surface area contributed by atoms with Crippen molar-refractivity contribution in [2.75, 3.05) is 0 Å². The molecule has 0 amide bonds. The van der Waals surface area contributed by atoms with Gasteiger partial charge in [-0.2, -0.15) is 0 Å². The molecule has 0 bridgehead atoms. The number of aromatic nitrogens is 1. The van der Waals surface area contributed by atoms with Gasteiger partial charge in [0, 0.05) is 10.4 Å². The zero-order valence-electron chi connectivity index (χ0n) is 7.47. The molecule has 0 saturated heterocycles. The second-order valence-electron chi connectivity index (χ2n) is 3.12. The molecule has 2 rings (SSSR count). The van der Waals surface area contributed by atoms with Gasteiger partial charge >= 0.3 is 0 Å². The van der Waals surface area contributed by atoms with Crippen LogP contribution in [0.25, 0.3) is 10.9 Å². The van der Waals surface area contributed by atoms with E-state index in [2.05, 4.69) is 4.98 Å². The van der Waals surface area contributed by atoms with Crippen LogP contribution in [0.4, 0.5) is 0 Å². The van der Waals surface area contributed by atoms with Crippen molar-refractivity contribution in [2.24, 2.45) is 0 Å². The van der Waals surface area contributed by atoms with Gasteiger partial charge in [-0.3, -0.25) is 4.79 Å². The van der Waals surface area contributed by atoms with Crippen LogP contribution < -0.4 is 5.43 Å². The van der Waals surface area contributed by atoms with Gasteiger partial charge < -0.3 is 10.1 Å². The number of hydrogen-bond acceptors (Lipinski definition) is 2. The first-order valence-electron chi connectivity index (χ1n) is 4.10. The van der Waals surface area contributed by atoms with E-state index in [1.807, 2.05) is 0 Å². The molecule has 0 fully saturated rings. The van der Waals surface area contributed by atoms with E-state index in [0.29, 0.717) is 21.6 Å². The first kappa shape index (κ1) is 9.09. The summed E-state index contributed by atoms with van der Waals surface area (Å²) in [4.78, 5) is 14.5. The fourth-order valence-electron chi connectivity index (χ4n) is 1.38. The summed E-state index contributed by atoms with van der Waals surface area (Å²) < 4.78 is 0. The lowest BCUT2D eigenvalue weighted by molar-refractivity contribution is 0.464. The Kier molecular flexibility index (Phi) is 1.97. The number of benzene rings is 1. The molecule has 1 heterocycles. The maximum absolute atomic E-state index is 11.5. The number of H-pyrrole nitrogens is 1. The molecule has 0 unspecified atom stereocenters. The average Bonchev–Trinajstić information content (AvgIpc) is 2.14.